The minimum atomic E-state index is 0.533. The minimum absolute atomic E-state index is 0.533. The number of para-hydroxylation sites is 1. The number of aromatic nitrogens is 2. The Morgan fingerprint density at radius 1 is 0.800 bits per heavy atom. The number of hydrogen-bond acceptors (Lipinski definition) is 5. The molecule has 5 heteroatoms. The fraction of sp³-hybridized carbons (Fsp3) is 0.120. The van der Waals surface area contributed by atoms with E-state index < -0.39 is 0 Å². The summed E-state index contributed by atoms with van der Waals surface area (Å²) in [6.45, 7) is 1.78. The second-order valence-electron chi connectivity index (χ2n) is 7.51. The first-order valence-electron chi connectivity index (χ1n) is 10.1. The fourth-order valence-corrected chi connectivity index (χ4v) is 4.14. The number of fused-ring (bicyclic) bond motifs is 4. The number of nitrogens with zero attached hydrogens (tertiary/aromatic N) is 3. The van der Waals surface area contributed by atoms with E-state index in [1.165, 1.54) is 11.1 Å². The molecular weight excluding hydrogens is 374 g/mol. The first-order chi connectivity index (χ1) is 14.8. The molecule has 0 amide bonds. The van der Waals surface area contributed by atoms with Crippen LogP contribution >= 0.6 is 0 Å². The number of furan rings is 1. The van der Waals surface area contributed by atoms with Crippen molar-refractivity contribution in [1.29, 1.82) is 0 Å². The Morgan fingerprint density at radius 2 is 1.63 bits per heavy atom. The standard InChI is InChI=1S/C25H19N3O2/c1-2-6-18-15-28(12-11-17(18)5-1)24-14-25(27-16-26-24)29-19-9-10-23-21(13-19)20-7-3-4-8-22(20)30-23/h1-10,13-14,16H,11-12,15H2. The summed E-state index contributed by atoms with van der Waals surface area (Å²) < 4.78 is 12.0. The molecule has 0 saturated carbocycles. The summed E-state index contributed by atoms with van der Waals surface area (Å²) in [7, 11) is 0. The highest BCUT2D eigenvalue weighted by molar-refractivity contribution is 6.05. The zero-order chi connectivity index (χ0) is 19.9. The van der Waals surface area contributed by atoms with Crippen LogP contribution in [0.25, 0.3) is 21.9 Å². The summed E-state index contributed by atoms with van der Waals surface area (Å²) in [6, 6.07) is 24.4. The SMILES string of the molecule is c1ccc2c(c1)CCN(c1cc(Oc3ccc4oc5ccccc5c4c3)ncn1)C2. The van der Waals surface area contributed by atoms with Crippen LogP contribution in [-0.2, 0) is 13.0 Å². The van der Waals surface area contributed by atoms with Gasteiger partial charge in [-0.05, 0) is 41.8 Å². The molecule has 0 fully saturated rings. The molecule has 5 aromatic rings. The zero-order valence-electron chi connectivity index (χ0n) is 16.3. The molecule has 1 aliphatic rings. The molecule has 0 saturated heterocycles. The van der Waals surface area contributed by atoms with E-state index in [9.17, 15) is 0 Å². The summed E-state index contributed by atoms with van der Waals surface area (Å²) in [6.07, 6.45) is 2.58. The molecule has 0 unspecified atom stereocenters. The molecule has 0 bridgehead atoms. The minimum Gasteiger partial charge on any atom is -0.456 e. The van der Waals surface area contributed by atoms with E-state index in [1.807, 2.05) is 42.5 Å². The van der Waals surface area contributed by atoms with E-state index in [1.54, 1.807) is 6.33 Å². The molecule has 30 heavy (non-hydrogen) atoms. The Balaban J connectivity index is 1.29. The molecular formula is C25H19N3O2. The Labute approximate surface area is 173 Å². The summed E-state index contributed by atoms with van der Waals surface area (Å²) in [5.74, 6) is 2.14. The van der Waals surface area contributed by atoms with Crippen molar-refractivity contribution in [1.82, 2.24) is 9.97 Å². The van der Waals surface area contributed by atoms with Crippen LogP contribution < -0.4 is 9.64 Å². The van der Waals surface area contributed by atoms with Crippen LogP contribution in [0.4, 0.5) is 5.82 Å². The van der Waals surface area contributed by atoms with Gasteiger partial charge in [0, 0.05) is 29.9 Å². The lowest BCUT2D eigenvalue weighted by Gasteiger charge is -2.29. The summed E-state index contributed by atoms with van der Waals surface area (Å²) in [5.41, 5.74) is 4.49. The topological polar surface area (TPSA) is 51.4 Å². The van der Waals surface area contributed by atoms with Gasteiger partial charge in [-0.3, -0.25) is 0 Å². The third kappa shape index (κ3) is 2.95. The second kappa shape index (κ2) is 6.88. The highest BCUT2D eigenvalue weighted by Gasteiger charge is 2.18. The second-order valence-corrected chi connectivity index (χ2v) is 7.51. The molecule has 0 atom stereocenters. The molecule has 2 aromatic heterocycles. The van der Waals surface area contributed by atoms with Gasteiger partial charge in [-0.1, -0.05) is 42.5 Å². The first-order valence-corrected chi connectivity index (χ1v) is 10.1. The highest BCUT2D eigenvalue weighted by Crippen LogP contribution is 2.33. The average molecular weight is 393 g/mol. The van der Waals surface area contributed by atoms with Crippen LogP contribution in [-0.4, -0.2) is 16.5 Å². The first kappa shape index (κ1) is 17.0. The number of rotatable bonds is 3. The van der Waals surface area contributed by atoms with Gasteiger partial charge in [-0.25, -0.2) is 9.97 Å². The molecule has 0 N–H and O–H groups in total. The van der Waals surface area contributed by atoms with Crippen molar-refractivity contribution < 1.29 is 9.15 Å². The predicted molar refractivity (Wildman–Crippen MR) is 117 cm³/mol. The fourth-order valence-electron chi connectivity index (χ4n) is 4.14. The largest absolute Gasteiger partial charge is 0.456 e. The van der Waals surface area contributed by atoms with E-state index in [4.69, 9.17) is 9.15 Å². The number of hydrogen-bond donors (Lipinski definition) is 0. The molecule has 0 spiro atoms. The van der Waals surface area contributed by atoms with Gasteiger partial charge < -0.3 is 14.1 Å². The Kier molecular flexibility index (Phi) is 3.91. The van der Waals surface area contributed by atoms with E-state index in [0.717, 1.165) is 53.0 Å². The van der Waals surface area contributed by atoms with Gasteiger partial charge in [-0.2, -0.15) is 0 Å². The number of ether oxygens (including phenoxy) is 1. The Morgan fingerprint density at radius 3 is 2.60 bits per heavy atom. The third-order valence-electron chi connectivity index (χ3n) is 5.65. The van der Waals surface area contributed by atoms with Gasteiger partial charge in [0.05, 0.1) is 0 Å². The van der Waals surface area contributed by atoms with Crippen molar-refractivity contribution in [3.63, 3.8) is 0 Å². The van der Waals surface area contributed by atoms with Gasteiger partial charge in [0.2, 0.25) is 5.88 Å². The van der Waals surface area contributed by atoms with Gasteiger partial charge in [0.15, 0.2) is 0 Å². The van der Waals surface area contributed by atoms with E-state index in [-0.39, 0.29) is 0 Å². The lowest BCUT2D eigenvalue weighted by molar-refractivity contribution is 0.461. The third-order valence-corrected chi connectivity index (χ3v) is 5.65. The lowest BCUT2D eigenvalue weighted by Crippen LogP contribution is -2.30. The van der Waals surface area contributed by atoms with Crippen molar-refractivity contribution in [3.8, 4) is 11.6 Å². The van der Waals surface area contributed by atoms with Crippen molar-refractivity contribution in [3.05, 3.63) is 90.3 Å². The summed E-state index contributed by atoms with van der Waals surface area (Å²) >= 11 is 0. The maximum atomic E-state index is 6.09. The molecule has 1 aliphatic heterocycles. The Bertz CT molecular complexity index is 1380. The molecule has 5 nitrogen and oxygen atoms in total. The van der Waals surface area contributed by atoms with Gasteiger partial charge in [0.1, 0.15) is 29.1 Å². The van der Waals surface area contributed by atoms with Crippen LogP contribution in [0, 0.1) is 0 Å². The molecule has 0 radical (unpaired) electrons. The van der Waals surface area contributed by atoms with Crippen molar-refractivity contribution >= 4 is 27.8 Å². The zero-order valence-corrected chi connectivity index (χ0v) is 16.3. The molecule has 6 rings (SSSR count). The normalized spacial score (nSPS) is 13.5. The monoisotopic (exact) mass is 393 g/mol. The molecule has 3 aromatic carbocycles. The van der Waals surface area contributed by atoms with E-state index in [0.29, 0.717) is 5.88 Å². The van der Waals surface area contributed by atoms with Crippen LogP contribution in [0.5, 0.6) is 11.6 Å². The highest BCUT2D eigenvalue weighted by atomic mass is 16.5. The van der Waals surface area contributed by atoms with Crippen LogP contribution in [0.15, 0.2) is 83.5 Å². The summed E-state index contributed by atoms with van der Waals surface area (Å²) in [4.78, 5) is 11.1. The van der Waals surface area contributed by atoms with Crippen LogP contribution in [0.2, 0.25) is 0 Å². The maximum Gasteiger partial charge on any atom is 0.224 e. The van der Waals surface area contributed by atoms with Gasteiger partial charge >= 0.3 is 0 Å². The van der Waals surface area contributed by atoms with E-state index in [2.05, 4.69) is 45.2 Å². The van der Waals surface area contributed by atoms with E-state index >= 15 is 0 Å². The maximum absolute atomic E-state index is 6.09. The van der Waals surface area contributed by atoms with Gasteiger partial charge in [0.25, 0.3) is 0 Å². The Hall–Kier alpha value is -3.86. The van der Waals surface area contributed by atoms with Crippen molar-refractivity contribution in [2.45, 2.75) is 13.0 Å². The molecule has 3 heterocycles. The van der Waals surface area contributed by atoms with Gasteiger partial charge in [-0.15, -0.1) is 0 Å². The molecule has 146 valence electrons. The smallest absolute Gasteiger partial charge is 0.224 e. The quantitative estimate of drug-likeness (QED) is 0.392. The van der Waals surface area contributed by atoms with Crippen LogP contribution in [0.3, 0.4) is 0 Å². The van der Waals surface area contributed by atoms with Crippen LogP contribution in [0.1, 0.15) is 11.1 Å². The molecule has 0 aliphatic carbocycles. The predicted octanol–water partition coefficient (Wildman–Crippen LogP) is 5.73. The number of benzene rings is 3. The lowest BCUT2D eigenvalue weighted by atomic mass is 10.00. The summed E-state index contributed by atoms with van der Waals surface area (Å²) in [5, 5.41) is 2.11. The average Bonchev–Trinajstić information content (AvgIpc) is 3.17. The van der Waals surface area contributed by atoms with Crippen molar-refractivity contribution in [2.75, 3.05) is 11.4 Å². The number of anilines is 1. The van der Waals surface area contributed by atoms with Crippen molar-refractivity contribution in [2.24, 2.45) is 0 Å².